The summed E-state index contributed by atoms with van der Waals surface area (Å²) < 4.78 is 15.1. The van der Waals surface area contributed by atoms with Gasteiger partial charge in [0.25, 0.3) is 0 Å². The van der Waals surface area contributed by atoms with Crippen molar-refractivity contribution in [2.45, 2.75) is 20.0 Å². The van der Waals surface area contributed by atoms with Crippen LogP contribution in [0.25, 0.3) is 0 Å². The van der Waals surface area contributed by atoms with Crippen LogP contribution in [0.15, 0.2) is 41.7 Å². The molecular weight excluding hydrogens is 408 g/mol. The van der Waals surface area contributed by atoms with Crippen molar-refractivity contribution in [3.05, 3.63) is 53.6 Å². The first-order valence-electron chi connectivity index (χ1n) is 7.24. The summed E-state index contributed by atoms with van der Waals surface area (Å²) in [5.74, 6) is 0.552. The minimum absolute atomic E-state index is 0. The van der Waals surface area contributed by atoms with E-state index in [1.54, 1.807) is 13.1 Å². The first kappa shape index (κ1) is 19.4. The van der Waals surface area contributed by atoms with E-state index in [0.717, 1.165) is 30.2 Å². The average molecular weight is 431 g/mol. The summed E-state index contributed by atoms with van der Waals surface area (Å²) in [5, 5.41) is 7.53. The van der Waals surface area contributed by atoms with E-state index in [9.17, 15) is 4.39 Å². The lowest BCUT2D eigenvalue weighted by Crippen LogP contribution is -2.39. The first-order valence-corrected chi connectivity index (χ1v) is 7.24. The van der Waals surface area contributed by atoms with E-state index in [1.165, 1.54) is 12.1 Å². The summed E-state index contributed by atoms with van der Waals surface area (Å²) in [5.41, 5.74) is 2.06. The van der Waals surface area contributed by atoms with Crippen molar-refractivity contribution >= 4 is 29.9 Å². The standard InChI is InChI=1S/C16H22FN5.HI/c1-13-10-20-22(11-13)8-7-19-16(18-2)21(3)12-14-5-4-6-15(17)9-14;/h4-6,9-11H,7-8,12H2,1-3H3,(H,18,19);1H. The summed E-state index contributed by atoms with van der Waals surface area (Å²) >= 11 is 0. The van der Waals surface area contributed by atoms with Crippen LogP contribution in [0.5, 0.6) is 0 Å². The van der Waals surface area contributed by atoms with Gasteiger partial charge in [-0.15, -0.1) is 24.0 Å². The maximum Gasteiger partial charge on any atom is 0.193 e. The highest BCUT2D eigenvalue weighted by Gasteiger charge is 2.07. The zero-order valence-electron chi connectivity index (χ0n) is 13.7. The molecule has 1 aromatic heterocycles. The highest BCUT2D eigenvalue weighted by molar-refractivity contribution is 14.0. The van der Waals surface area contributed by atoms with Gasteiger partial charge in [-0.2, -0.15) is 5.10 Å². The number of nitrogens with one attached hydrogen (secondary N) is 1. The second kappa shape index (κ2) is 9.49. The number of nitrogens with zero attached hydrogens (tertiary/aromatic N) is 4. The number of aliphatic imine (C=N–C) groups is 1. The van der Waals surface area contributed by atoms with Gasteiger partial charge in [0.1, 0.15) is 5.82 Å². The second-order valence-corrected chi connectivity index (χ2v) is 5.24. The predicted octanol–water partition coefficient (Wildman–Crippen LogP) is 2.66. The van der Waals surface area contributed by atoms with E-state index in [2.05, 4.69) is 15.4 Å². The van der Waals surface area contributed by atoms with Crippen LogP contribution >= 0.6 is 24.0 Å². The van der Waals surface area contributed by atoms with Gasteiger partial charge in [-0.1, -0.05) is 12.1 Å². The number of aromatic nitrogens is 2. The zero-order valence-corrected chi connectivity index (χ0v) is 16.0. The molecule has 5 nitrogen and oxygen atoms in total. The molecule has 0 amide bonds. The molecule has 0 radical (unpaired) electrons. The smallest absolute Gasteiger partial charge is 0.193 e. The van der Waals surface area contributed by atoms with Crippen molar-refractivity contribution in [3.8, 4) is 0 Å². The zero-order chi connectivity index (χ0) is 15.9. The number of hydrogen-bond donors (Lipinski definition) is 1. The minimum atomic E-state index is -0.220. The number of guanidine groups is 1. The van der Waals surface area contributed by atoms with Gasteiger partial charge in [-0.05, 0) is 30.2 Å². The molecule has 1 heterocycles. The van der Waals surface area contributed by atoms with Gasteiger partial charge >= 0.3 is 0 Å². The second-order valence-electron chi connectivity index (χ2n) is 5.24. The van der Waals surface area contributed by atoms with Crippen LogP contribution in [-0.2, 0) is 13.1 Å². The molecule has 2 rings (SSSR count). The Kier molecular flexibility index (Phi) is 8.01. The van der Waals surface area contributed by atoms with Crippen LogP contribution < -0.4 is 5.32 Å². The van der Waals surface area contributed by atoms with E-state index in [4.69, 9.17) is 0 Å². The highest BCUT2D eigenvalue weighted by atomic mass is 127. The number of benzene rings is 1. The predicted molar refractivity (Wildman–Crippen MR) is 102 cm³/mol. The number of halogens is 2. The summed E-state index contributed by atoms with van der Waals surface area (Å²) in [7, 11) is 3.67. The molecule has 1 aromatic carbocycles. The molecule has 0 aliphatic rings. The molecule has 0 spiro atoms. The lowest BCUT2D eigenvalue weighted by atomic mass is 10.2. The van der Waals surface area contributed by atoms with Gasteiger partial charge in [0, 0.05) is 33.4 Å². The van der Waals surface area contributed by atoms with Gasteiger partial charge in [0.2, 0.25) is 0 Å². The fraction of sp³-hybridized carbons (Fsp3) is 0.375. The third kappa shape index (κ3) is 6.17. The maximum atomic E-state index is 13.2. The Labute approximate surface area is 153 Å². The molecule has 0 fully saturated rings. The quantitative estimate of drug-likeness (QED) is 0.450. The van der Waals surface area contributed by atoms with Crippen LogP contribution in [0.4, 0.5) is 4.39 Å². The van der Waals surface area contributed by atoms with Gasteiger partial charge in [-0.25, -0.2) is 4.39 Å². The molecule has 0 aliphatic carbocycles. The molecule has 0 atom stereocenters. The molecule has 0 aliphatic heterocycles. The highest BCUT2D eigenvalue weighted by Crippen LogP contribution is 2.06. The molecule has 1 N–H and O–H groups in total. The van der Waals surface area contributed by atoms with Crippen LogP contribution in [-0.4, -0.2) is 41.3 Å². The normalized spacial score (nSPS) is 11.0. The Balaban J connectivity index is 0.00000264. The van der Waals surface area contributed by atoms with E-state index in [0.29, 0.717) is 6.54 Å². The molecule has 0 bridgehead atoms. The third-order valence-electron chi connectivity index (χ3n) is 3.27. The van der Waals surface area contributed by atoms with Crippen LogP contribution in [0.2, 0.25) is 0 Å². The maximum absolute atomic E-state index is 13.2. The molecular formula is C16H23FIN5. The van der Waals surface area contributed by atoms with Crippen molar-refractivity contribution in [2.75, 3.05) is 20.6 Å². The van der Waals surface area contributed by atoms with E-state index in [-0.39, 0.29) is 29.8 Å². The Morgan fingerprint density at radius 1 is 1.43 bits per heavy atom. The molecule has 0 saturated carbocycles. The largest absolute Gasteiger partial charge is 0.354 e. The summed E-state index contributed by atoms with van der Waals surface area (Å²) in [6, 6.07) is 6.60. The van der Waals surface area contributed by atoms with Crippen molar-refractivity contribution in [2.24, 2.45) is 4.99 Å². The molecule has 23 heavy (non-hydrogen) atoms. The van der Waals surface area contributed by atoms with Crippen LogP contribution in [0.3, 0.4) is 0 Å². The van der Waals surface area contributed by atoms with Crippen molar-refractivity contribution < 1.29 is 4.39 Å². The minimum Gasteiger partial charge on any atom is -0.354 e. The average Bonchev–Trinajstić information content (AvgIpc) is 2.89. The van der Waals surface area contributed by atoms with Crippen molar-refractivity contribution in [1.29, 1.82) is 0 Å². The summed E-state index contributed by atoms with van der Waals surface area (Å²) in [6.45, 7) is 4.10. The lowest BCUT2D eigenvalue weighted by Gasteiger charge is -2.22. The first-order chi connectivity index (χ1) is 10.6. The van der Waals surface area contributed by atoms with E-state index in [1.807, 2.05) is 42.0 Å². The Morgan fingerprint density at radius 2 is 2.22 bits per heavy atom. The van der Waals surface area contributed by atoms with E-state index < -0.39 is 0 Å². The van der Waals surface area contributed by atoms with Crippen LogP contribution in [0, 0.1) is 12.7 Å². The van der Waals surface area contributed by atoms with Gasteiger partial charge in [-0.3, -0.25) is 9.67 Å². The van der Waals surface area contributed by atoms with Gasteiger partial charge in [0.05, 0.1) is 12.7 Å². The Hall–Kier alpha value is -1.64. The Morgan fingerprint density at radius 3 is 2.83 bits per heavy atom. The van der Waals surface area contributed by atoms with Crippen LogP contribution in [0.1, 0.15) is 11.1 Å². The lowest BCUT2D eigenvalue weighted by molar-refractivity contribution is 0.468. The van der Waals surface area contributed by atoms with Crippen molar-refractivity contribution in [1.82, 2.24) is 20.0 Å². The topological polar surface area (TPSA) is 45.5 Å². The fourth-order valence-corrected chi connectivity index (χ4v) is 2.24. The monoisotopic (exact) mass is 431 g/mol. The fourth-order valence-electron chi connectivity index (χ4n) is 2.24. The number of hydrogen-bond acceptors (Lipinski definition) is 2. The number of rotatable bonds is 5. The molecule has 2 aromatic rings. The Bertz CT molecular complexity index is 641. The summed E-state index contributed by atoms with van der Waals surface area (Å²) in [6.07, 6.45) is 3.84. The molecule has 7 heteroatoms. The van der Waals surface area contributed by atoms with Gasteiger partial charge < -0.3 is 10.2 Å². The molecule has 126 valence electrons. The SMILES string of the molecule is CN=C(NCCn1cc(C)cn1)N(C)Cc1cccc(F)c1.I. The number of aryl methyl sites for hydroxylation is 1. The van der Waals surface area contributed by atoms with Crippen molar-refractivity contribution in [3.63, 3.8) is 0 Å². The molecule has 0 unspecified atom stereocenters. The van der Waals surface area contributed by atoms with E-state index >= 15 is 0 Å². The third-order valence-corrected chi connectivity index (χ3v) is 3.27. The van der Waals surface area contributed by atoms with Gasteiger partial charge in [0.15, 0.2) is 5.96 Å². The summed E-state index contributed by atoms with van der Waals surface area (Å²) in [4.78, 5) is 6.21. The molecule has 0 saturated heterocycles.